The van der Waals surface area contributed by atoms with Crippen LogP contribution >= 0.6 is 0 Å². The highest BCUT2D eigenvalue weighted by Crippen LogP contribution is 2.27. The van der Waals surface area contributed by atoms with E-state index < -0.39 is 27.6 Å². The maximum atomic E-state index is 11.5. The molecular weight excluding hydrogens is 300 g/mol. The first kappa shape index (κ1) is 16.8. The summed E-state index contributed by atoms with van der Waals surface area (Å²) >= 11 is 0. The van der Waals surface area contributed by atoms with E-state index >= 15 is 0 Å². The number of para-hydroxylation sites is 1. The molecule has 1 aromatic carbocycles. The maximum Gasteiger partial charge on any atom is 0.339 e. The molecule has 0 atom stereocenters. The van der Waals surface area contributed by atoms with Gasteiger partial charge in [0.2, 0.25) is 0 Å². The Morgan fingerprint density at radius 2 is 1.95 bits per heavy atom. The molecule has 2 amide bonds. The van der Waals surface area contributed by atoms with E-state index in [4.69, 9.17) is 5.11 Å². The Bertz CT molecular complexity index is 641. The standard InChI is InChI=1S/C12H16N2O6S/c1-2-21(19,20)7-6-13-12(18)14-9-5-3-4-8(10(9)15)11(16)17/h3-5,15H,2,6-7H2,1H3,(H,16,17)(H2,13,14,18). The number of sulfone groups is 1. The number of phenols is 1. The van der Waals surface area contributed by atoms with Gasteiger partial charge in [0.15, 0.2) is 15.6 Å². The third-order valence-corrected chi connectivity index (χ3v) is 4.36. The Hall–Kier alpha value is -2.29. The summed E-state index contributed by atoms with van der Waals surface area (Å²) in [5, 5.41) is 23.1. The minimum Gasteiger partial charge on any atom is -0.505 e. The van der Waals surface area contributed by atoms with E-state index in [0.29, 0.717) is 0 Å². The molecule has 0 radical (unpaired) electrons. The topological polar surface area (TPSA) is 133 Å². The maximum absolute atomic E-state index is 11.5. The smallest absolute Gasteiger partial charge is 0.339 e. The minimum absolute atomic E-state index is 0.0161. The first-order chi connectivity index (χ1) is 9.76. The molecule has 8 nitrogen and oxygen atoms in total. The van der Waals surface area contributed by atoms with Crippen LogP contribution in [0.25, 0.3) is 0 Å². The number of amides is 2. The molecule has 0 spiro atoms. The van der Waals surface area contributed by atoms with Crippen molar-refractivity contribution < 1.29 is 28.2 Å². The van der Waals surface area contributed by atoms with E-state index in [2.05, 4.69) is 10.6 Å². The number of carboxylic acid groups (broad SMARTS) is 1. The number of aromatic hydroxyl groups is 1. The average molecular weight is 316 g/mol. The lowest BCUT2D eigenvalue weighted by molar-refractivity contribution is 0.0693. The summed E-state index contributed by atoms with van der Waals surface area (Å²) in [6.45, 7) is 1.42. The van der Waals surface area contributed by atoms with Crippen molar-refractivity contribution in [1.82, 2.24) is 5.32 Å². The molecule has 0 aliphatic rings. The zero-order valence-corrected chi connectivity index (χ0v) is 12.1. The molecule has 0 saturated heterocycles. The zero-order chi connectivity index (χ0) is 16.0. The zero-order valence-electron chi connectivity index (χ0n) is 11.3. The molecule has 0 fully saturated rings. The van der Waals surface area contributed by atoms with Crippen LogP contribution in [0.4, 0.5) is 10.5 Å². The average Bonchev–Trinajstić information content (AvgIpc) is 2.40. The monoisotopic (exact) mass is 316 g/mol. The van der Waals surface area contributed by atoms with Crippen LogP contribution in [0.1, 0.15) is 17.3 Å². The quantitative estimate of drug-likeness (QED) is 0.569. The van der Waals surface area contributed by atoms with E-state index in [1.54, 1.807) is 0 Å². The predicted molar refractivity (Wildman–Crippen MR) is 76.4 cm³/mol. The van der Waals surface area contributed by atoms with E-state index in [0.717, 1.165) is 0 Å². The van der Waals surface area contributed by atoms with Gasteiger partial charge in [-0.05, 0) is 12.1 Å². The van der Waals surface area contributed by atoms with Crippen LogP contribution in [0.15, 0.2) is 18.2 Å². The molecule has 0 aliphatic carbocycles. The van der Waals surface area contributed by atoms with Crippen molar-refractivity contribution in [2.24, 2.45) is 0 Å². The first-order valence-electron chi connectivity index (χ1n) is 6.07. The highest BCUT2D eigenvalue weighted by molar-refractivity contribution is 7.91. The van der Waals surface area contributed by atoms with Crippen molar-refractivity contribution >= 4 is 27.5 Å². The van der Waals surface area contributed by atoms with Crippen LogP contribution in [-0.2, 0) is 9.84 Å². The van der Waals surface area contributed by atoms with Gasteiger partial charge in [0, 0.05) is 12.3 Å². The van der Waals surface area contributed by atoms with E-state index in [9.17, 15) is 23.1 Å². The number of benzene rings is 1. The number of anilines is 1. The molecule has 0 bridgehead atoms. The molecule has 0 aromatic heterocycles. The third-order valence-electron chi connectivity index (χ3n) is 2.65. The summed E-state index contributed by atoms with van der Waals surface area (Å²) in [6.07, 6.45) is 0. The van der Waals surface area contributed by atoms with Crippen molar-refractivity contribution in [2.75, 3.05) is 23.4 Å². The van der Waals surface area contributed by atoms with Crippen molar-refractivity contribution in [3.63, 3.8) is 0 Å². The normalized spacial score (nSPS) is 10.9. The second-order valence-electron chi connectivity index (χ2n) is 4.12. The van der Waals surface area contributed by atoms with Crippen molar-refractivity contribution in [2.45, 2.75) is 6.92 Å². The Kier molecular flexibility index (Phi) is 5.53. The second kappa shape index (κ2) is 6.93. The molecule has 1 aromatic rings. The molecule has 21 heavy (non-hydrogen) atoms. The summed E-state index contributed by atoms with van der Waals surface area (Å²) in [5.41, 5.74) is -0.424. The lowest BCUT2D eigenvalue weighted by Gasteiger charge is -2.10. The summed E-state index contributed by atoms with van der Waals surface area (Å²) < 4.78 is 22.5. The van der Waals surface area contributed by atoms with Crippen LogP contribution < -0.4 is 10.6 Å². The van der Waals surface area contributed by atoms with Crippen molar-refractivity contribution in [3.05, 3.63) is 23.8 Å². The molecule has 116 valence electrons. The van der Waals surface area contributed by atoms with Crippen molar-refractivity contribution in [1.29, 1.82) is 0 Å². The highest BCUT2D eigenvalue weighted by Gasteiger charge is 2.15. The van der Waals surface area contributed by atoms with Gasteiger partial charge in [0.25, 0.3) is 0 Å². The first-order valence-corrected chi connectivity index (χ1v) is 7.89. The van der Waals surface area contributed by atoms with Gasteiger partial charge in [-0.1, -0.05) is 13.0 Å². The SMILES string of the molecule is CCS(=O)(=O)CCNC(=O)Nc1cccc(C(=O)O)c1O. The summed E-state index contributed by atoms with van der Waals surface area (Å²) in [5.74, 6) is -2.11. The summed E-state index contributed by atoms with van der Waals surface area (Å²) in [7, 11) is -3.18. The molecule has 0 saturated carbocycles. The fraction of sp³-hybridized carbons (Fsp3) is 0.333. The number of carboxylic acids is 1. The number of carbonyl (C=O) groups is 2. The van der Waals surface area contributed by atoms with Crippen LogP contribution in [0.3, 0.4) is 0 Å². The number of hydrogen-bond donors (Lipinski definition) is 4. The van der Waals surface area contributed by atoms with Crippen molar-refractivity contribution in [3.8, 4) is 5.75 Å². The van der Waals surface area contributed by atoms with Gasteiger partial charge in [0.1, 0.15) is 5.56 Å². The van der Waals surface area contributed by atoms with Gasteiger partial charge < -0.3 is 20.8 Å². The molecule has 4 N–H and O–H groups in total. The molecule has 0 aliphatic heterocycles. The lowest BCUT2D eigenvalue weighted by Crippen LogP contribution is -2.33. The number of urea groups is 1. The third kappa shape index (κ3) is 4.95. The van der Waals surface area contributed by atoms with Gasteiger partial charge in [0.05, 0.1) is 11.4 Å². The number of aromatic carboxylic acids is 1. The van der Waals surface area contributed by atoms with Gasteiger partial charge >= 0.3 is 12.0 Å². The molecule has 0 heterocycles. The van der Waals surface area contributed by atoms with E-state index in [1.807, 2.05) is 0 Å². The molecule has 0 unspecified atom stereocenters. The Morgan fingerprint density at radius 1 is 1.29 bits per heavy atom. The van der Waals surface area contributed by atoms with E-state index in [1.165, 1.54) is 25.1 Å². The van der Waals surface area contributed by atoms with Gasteiger partial charge in [-0.2, -0.15) is 0 Å². The second-order valence-corrected chi connectivity index (χ2v) is 6.60. The molecule has 9 heteroatoms. The number of rotatable bonds is 6. The molecule has 1 rings (SSSR count). The minimum atomic E-state index is -3.18. The number of nitrogens with one attached hydrogen (secondary N) is 2. The summed E-state index contributed by atoms with van der Waals surface area (Å²) in [4.78, 5) is 22.4. The van der Waals surface area contributed by atoms with Gasteiger partial charge in [-0.25, -0.2) is 18.0 Å². The van der Waals surface area contributed by atoms with Crippen LogP contribution in [0, 0.1) is 0 Å². The van der Waals surface area contributed by atoms with Crippen LogP contribution in [-0.4, -0.2) is 48.7 Å². The van der Waals surface area contributed by atoms with E-state index in [-0.39, 0.29) is 29.3 Å². The van der Waals surface area contributed by atoms with Gasteiger partial charge in [-0.15, -0.1) is 0 Å². The fourth-order valence-corrected chi connectivity index (χ4v) is 2.15. The van der Waals surface area contributed by atoms with Crippen LogP contribution in [0.2, 0.25) is 0 Å². The Morgan fingerprint density at radius 3 is 2.52 bits per heavy atom. The Labute approximate surface area is 121 Å². The number of hydrogen-bond acceptors (Lipinski definition) is 5. The molecular formula is C12H16N2O6S. The highest BCUT2D eigenvalue weighted by atomic mass is 32.2. The lowest BCUT2D eigenvalue weighted by atomic mass is 10.2. The summed E-state index contributed by atoms with van der Waals surface area (Å²) in [6, 6.07) is 3.14. The largest absolute Gasteiger partial charge is 0.505 e. The Balaban J connectivity index is 2.64. The predicted octanol–water partition coefficient (Wildman–Crippen LogP) is 0.647. The van der Waals surface area contributed by atoms with Crippen LogP contribution in [0.5, 0.6) is 5.75 Å². The fourth-order valence-electron chi connectivity index (χ4n) is 1.45. The number of carbonyl (C=O) groups excluding carboxylic acids is 1. The van der Waals surface area contributed by atoms with Gasteiger partial charge in [-0.3, -0.25) is 0 Å².